The first-order valence-electron chi connectivity index (χ1n) is 10.8. The molecule has 2 aromatic carbocycles. The summed E-state index contributed by atoms with van der Waals surface area (Å²) in [7, 11) is 1.59. The van der Waals surface area contributed by atoms with Crippen molar-refractivity contribution < 1.29 is 14.3 Å². The third-order valence-corrected chi connectivity index (χ3v) is 6.39. The van der Waals surface area contributed by atoms with Gasteiger partial charge in [-0.15, -0.1) is 0 Å². The lowest BCUT2D eigenvalue weighted by Crippen LogP contribution is -2.47. The van der Waals surface area contributed by atoms with Crippen LogP contribution in [0.1, 0.15) is 23.6 Å². The summed E-state index contributed by atoms with van der Waals surface area (Å²) in [6.45, 7) is 10.2. The third-order valence-electron chi connectivity index (χ3n) is 6.39. The molecule has 0 saturated carbocycles. The SMILES string of the molecule is CCN1CCN(C2=C(c3ccccc3OC)C(=O)N(c3cccc(C)c3C)C2=O)CC1. The van der Waals surface area contributed by atoms with Gasteiger partial charge in [-0.25, -0.2) is 4.90 Å². The predicted molar refractivity (Wildman–Crippen MR) is 122 cm³/mol. The van der Waals surface area contributed by atoms with Crippen molar-refractivity contribution in [3.05, 3.63) is 64.9 Å². The molecule has 2 aromatic rings. The number of methoxy groups -OCH3 is 1. The van der Waals surface area contributed by atoms with E-state index in [-0.39, 0.29) is 11.8 Å². The minimum Gasteiger partial charge on any atom is -0.496 e. The molecule has 1 saturated heterocycles. The first-order chi connectivity index (χ1) is 15.0. The molecule has 0 radical (unpaired) electrons. The number of hydrogen-bond acceptors (Lipinski definition) is 5. The molecule has 0 aliphatic carbocycles. The number of rotatable bonds is 5. The lowest BCUT2D eigenvalue weighted by atomic mass is 10.0. The van der Waals surface area contributed by atoms with E-state index in [1.54, 1.807) is 7.11 Å². The second-order valence-electron chi connectivity index (χ2n) is 8.01. The standard InChI is InChI=1S/C25H29N3O3/c1-5-26-13-15-27(16-14-26)23-22(19-10-6-7-12-21(19)31-4)24(29)28(25(23)30)20-11-8-9-17(2)18(20)3/h6-12H,5,13-16H2,1-4H3. The van der Waals surface area contributed by atoms with E-state index in [0.717, 1.165) is 30.8 Å². The van der Waals surface area contributed by atoms with Crippen molar-refractivity contribution in [3.8, 4) is 5.75 Å². The Morgan fingerprint density at radius 3 is 2.29 bits per heavy atom. The van der Waals surface area contributed by atoms with Gasteiger partial charge in [0.25, 0.3) is 11.8 Å². The number of carbonyl (C=O) groups excluding carboxylic acids is 2. The number of likely N-dealkylation sites (N-methyl/N-ethyl adjacent to an activating group) is 1. The third kappa shape index (κ3) is 3.61. The zero-order valence-corrected chi connectivity index (χ0v) is 18.6. The fourth-order valence-corrected chi connectivity index (χ4v) is 4.39. The van der Waals surface area contributed by atoms with Gasteiger partial charge in [-0.05, 0) is 43.7 Å². The normalized spacial score (nSPS) is 17.7. The summed E-state index contributed by atoms with van der Waals surface area (Å²) in [5, 5.41) is 0. The zero-order chi connectivity index (χ0) is 22.1. The highest BCUT2D eigenvalue weighted by molar-refractivity contribution is 6.45. The van der Waals surface area contributed by atoms with E-state index in [9.17, 15) is 9.59 Å². The van der Waals surface area contributed by atoms with Crippen LogP contribution < -0.4 is 9.64 Å². The fraction of sp³-hybridized carbons (Fsp3) is 0.360. The molecule has 2 amide bonds. The van der Waals surface area contributed by atoms with Crippen molar-refractivity contribution >= 4 is 23.1 Å². The highest BCUT2D eigenvalue weighted by atomic mass is 16.5. The van der Waals surface area contributed by atoms with Gasteiger partial charge in [0.1, 0.15) is 11.4 Å². The molecule has 4 rings (SSSR count). The number of benzene rings is 2. The van der Waals surface area contributed by atoms with E-state index in [4.69, 9.17) is 4.74 Å². The van der Waals surface area contributed by atoms with Gasteiger partial charge in [-0.2, -0.15) is 0 Å². The van der Waals surface area contributed by atoms with Crippen LogP contribution in [-0.2, 0) is 9.59 Å². The van der Waals surface area contributed by atoms with Crippen LogP contribution in [0.3, 0.4) is 0 Å². The van der Waals surface area contributed by atoms with Crippen molar-refractivity contribution in [2.75, 3.05) is 44.7 Å². The Kier molecular flexibility index (Phi) is 5.83. The molecule has 2 aliphatic heterocycles. The molecular weight excluding hydrogens is 390 g/mol. The van der Waals surface area contributed by atoms with Crippen LogP contribution in [0.15, 0.2) is 48.2 Å². The highest BCUT2D eigenvalue weighted by Crippen LogP contribution is 2.39. The number of anilines is 1. The van der Waals surface area contributed by atoms with E-state index >= 15 is 0 Å². The minimum atomic E-state index is -0.295. The molecule has 6 nitrogen and oxygen atoms in total. The van der Waals surface area contributed by atoms with E-state index < -0.39 is 0 Å². The fourth-order valence-electron chi connectivity index (χ4n) is 4.39. The van der Waals surface area contributed by atoms with Gasteiger partial charge in [-0.3, -0.25) is 9.59 Å². The van der Waals surface area contributed by atoms with Gasteiger partial charge in [0.05, 0.1) is 18.4 Å². The average molecular weight is 420 g/mol. The lowest BCUT2D eigenvalue weighted by molar-refractivity contribution is -0.120. The molecule has 0 unspecified atom stereocenters. The number of imide groups is 1. The maximum atomic E-state index is 13.8. The highest BCUT2D eigenvalue weighted by Gasteiger charge is 2.44. The topological polar surface area (TPSA) is 53.1 Å². The molecule has 2 heterocycles. The summed E-state index contributed by atoms with van der Waals surface area (Å²) in [6.07, 6.45) is 0. The van der Waals surface area contributed by atoms with E-state index in [0.29, 0.717) is 41.4 Å². The van der Waals surface area contributed by atoms with Crippen LogP contribution >= 0.6 is 0 Å². The van der Waals surface area contributed by atoms with Crippen LogP contribution in [0.25, 0.3) is 5.57 Å². The van der Waals surface area contributed by atoms with Gasteiger partial charge >= 0.3 is 0 Å². The number of piperazine rings is 1. The summed E-state index contributed by atoms with van der Waals surface area (Å²) in [4.78, 5) is 33.3. The molecule has 0 N–H and O–H groups in total. The Hall–Kier alpha value is -3.12. The molecule has 0 spiro atoms. The molecule has 162 valence electrons. The van der Waals surface area contributed by atoms with Gasteiger partial charge in [0.2, 0.25) is 0 Å². The second kappa shape index (κ2) is 8.55. The van der Waals surface area contributed by atoms with Crippen LogP contribution in [-0.4, -0.2) is 61.4 Å². The van der Waals surface area contributed by atoms with Crippen LogP contribution in [0.2, 0.25) is 0 Å². The van der Waals surface area contributed by atoms with E-state index in [1.165, 1.54) is 4.90 Å². The smallest absolute Gasteiger partial charge is 0.282 e. The van der Waals surface area contributed by atoms with Crippen molar-refractivity contribution in [2.45, 2.75) is 20.8 Å². The van der Waals surface area contributed by atoms with Gasteiger partial charge in [0, 0.05) is 31.7 Å². The Morgan fingerprint density at radius 2 is 1.61 bits per heavy atom. The Labute approximate surface area is 183 Å². The number of para-hydroxylation sites is 1. The summed E-state index contributed by atoms with van der Waals surface area (Å²) < 4.78 is 5.55. The van der Waals surface area contributed by atoms with E-state index in [2.05, 4.69) is 16.7 Å². The summed E-state index contributed by atoms with van der Waals surface area (Å²) >= 11 is 0. The largest absolute Gasteiger partial charge is 0.496 e. The predicted octanol–water partition coefficient (Wildman–Crippen LogP) is 3.23. The summed E-state index contributed by atoms with van der Waals surface area (Å²) in [5.74, 6) is 0.0341. The molecule has 0 bridgehead atoms. The molecule has 0 aromatic heterocycles. The zero-order valence-electron chi connectivity index (χ0n) is 18.6. The van der Waals surface area contributed by atoms with Crippen LogP contribution in [0, 0.1) is 13.8 Å². The molecule has 2 aliphatic rings. The number of carbonyl (C=O) groups is 2. The number of nitrogens with zero attached hydrogens (tertiary/aromatic N) is 3. The van der Waals surface area contributed by atoms with Gasteiger partial charge in [0.15, 0.2) is 0 Å². The quantitative estimate of drug-likeness (QED) is 0.697. The molecule has 1 fully saturated rings. The first-order valence-corrected chi connectivity index (χ1v) is 10.8. The van der Waals surface area contributed by atoms with Crippen molar-refractivity contribution in [2.24, 2.45) is 0 Å². The Bertz CT molecular complexity index is 1050. The monoisotopic (exact) mass is 419 g/mol. The number of ether oxygens (including phenoxy) is 1. The number of amides is 2. The second-order valence-corrected chi connectivity index (χ2v) is 8.01. The molecule has 31 heavy (non-hydrogen) atoms. The number of aryl methyl sites for hydroxylation is 1. The molecular formula is C25H29N3O3. The van der Waals surface area contributed by atoms with Gasteiger partial charge in [-0.1, -0.05) is 37.3 Å². The van der Waals surface area contributed by atoms with Gasteiger partial charge < -0.3 is 14.5 Å². The van der Waals surface area contributed by atoms with Crippen molar-refractivity contribution in [1.82, 2.24) is 9.80 Å². The first kappa shape index (κ1) is 21.1. The lowest BCUT2D eigenvalue weighted by Gasteiger charge is -2.36. The minimum absolute atomic E-state index is 0.260. The van der Waals surface area contributed by atoms with E-state index in [1.807, 2.05) is 56.3 Å². The summed E-state index contributed by atoms with van der Waals surface area (Å²) in [6, 6.07) is 13.1. The molecule has 0 atom stereocenters. The van der Waals surface area contributed by atoms with Crippen LogP contribution in [0.5, 0.6) is 5.75 Å². The number of hydrogen-bond donors (Lipinski definition) is 0. The Morgan fingerprint density at radius 1 is 0.903 bits per heavy atom. The average Bonchev–Trinajstić information content (AvgIpc) is 3.05. The Balaban J connectivity index is 1.85. The van der Waals surface area contributed by atoms with Crippen LogP contribution in [0.4, 0.5) is 5.69 Å². The molecule has 6 heteroatoms. The summed E-state index contributed by atoms with van der Waals surface area (Å²) in [5.41, 5.74) is 4.18. The van der Waals surface area contributed by atoms with Crippen molar-refractivity contribution in [3.63, 3.8) is 0 Å². The maximum Gasteiger partial charge on any atom is 0.282 e. The maximum absolute atomic E-state index is 13.8. The van der Waals surface area contributed by atoms with Crippen molar-refractivity contribution in [1.29, 1.82) is 0 Å².